The summed E-state index contributed by atoms with van der Waals surface area (Å²) in [5.41, 5.74) is 6.73. The number of rotatable bonds is 7. The molecule has 1 atom stereocenters. The Morgan fingerprint density at radius 1 is 1.35 bits per heavy atom. The highest BCUT2D eigenvalue weighted by Gasteiger charge is 2.14. The Bertz CT molecular complexity index is 335. The van der Waals surface area contributed by atoms with Crippen LogP contribution in [-0.2, 0) is 11.2 Å². The van der Waals surface area contributed by atoms with Gasteiger partial charge >= 0.3 is 0 Å². The van der Waals surface area contributed by atoms with Crippen LogP contribution in [0, 0.1) is 11.8 Å². The number of carbonyl (C=O) groups excluding carboxylic acids is 1. The number of nitrogens with two attached hydrogens (primary N) is 1. The highest BCUT2D eigenvalue weighted by molar-refractivity contribution is 5.81. The second-order valence-electron chi connectivity index (χ2n) is 5.01. The number of hydrogen-bond acceptors (Lipinski definition) is 3. The predicted molar refractivity (Wildman–Crippen MR) is 69.6 cm³/mol. The zero-order valence-electron chi connectivity index (χ0n) is 10.7. The number of hydrogen-bond donors (Lipinski definition) is 1. The molecule has 1 unspecified atom stereocenters. The summed E-state index contributed by atoms with van der Waals surface area (Å²) in [4.78, 5) is 15.8. The fraction of sp³-hybridized carbons (Fsp3) is 0.571. The SMILES string of the molecule is CC(C)CC(CN)CC(=O)Cc1ccncc1. The lowest BCUT2D eigenvalue weighted by molar-refractivity contribution is -0.119. The van der Waals surface area contributed by atoms with Gasteiger partial charge in [0.25, 0.3) is 0 Å². The molecule has 0 fully saturated rings. The van der Waals surface area contributed by atoms with Crippen molar-refractivity contribution in [3.8, 4) is 0 Å². The monoisotopic (exact) mass is 234 g/mol. The fourth-order valence-electron chi connectivity index (χ4n) is 2.05. The third-order valence-electron chi connectivity index (χ3n) is 2.81. The zero-order valence-corrected chi connectivity index (χ0v) is 10.7. The molecule has 0 saturated carbocycles. The Morgan fingerprint density at radius 2 is 2.00 bits per heavy atom. The Hall–Kier alpha value is -1.22. The van der Waals surface area contributed by atoms with E-state index in [9.17, 15) is 4.79 Å². The van der Waals surface area contributed by atoms with Gasteiger partial charge in [0.05, 0.1) is 0 Å². The van der Waals surface area contributed by atoms with E-state index in [1.165, 1.54) is 0 Å². The predicted octanol–water partition coefficient (Wildman–Crippen LogP) is 2.20. The molecular formula is C14H22N2O. The molecule has 0 radical (unpaired) electrons. The second-order valence-corrected chi connectivity index (χ2v) is 5.01. The van der Waals surface area contributed by atoms with Gasteiger partial charge in [-0.25, -0.2) is 0 Å². The zero-order chi connectivity index (χ0) is 12.7. The van der Waals surface area contributed by atoms with Crippen molar-refractivity contribution in [1.82, 2.24) is 4.98 Å². The van der Waals surface area contributed by atoms with E-state index < -0.39 is 0 Å². The normalized spacial score (nSPS) is 12.7. The van der Waals surface area contributed by atoms with Gasteiger partial charge in [-0.15, -0.1) is 0 Å². The van der Waals surface area contributed by atoms with Gasteiger partial charge in [0, 0.05) is 25.2 Å². The van der Waals surface area contributed by atoms with Crippen molar-refractivity contribution < 1.29 is 4.79 Å². The average molecular weight is 234 g/mol. The van der Waals surface area contributed by atoms with Crippen molar-refractivity contribution in [2.45, 2.75) is 33.1 Å². The van der Waals surface area contributed by atoms with Crippen LogP contribution in [0.15, 0.2) is 24.5 Å². The van der Waals surface area contributed by atoms with Gasteiger partial charge in [-0.3, -0.25) is 9.78 Å². The van der Waals surface area contributed by atoms with Gasteiger partial charge in [-0.2, -0.15) is 0 Å². The largest absolute Gasteiger partial charge is 0.330 e. The third-order valence-corrected chi connectivity index (χ3v) is 2.81. The maximum Gasteiger partial charge on any atom is 0.137 e. The molecule has 1 heterocycles. The second kappa shape index (κ2) is 7.17. The molecule has 0 aliphatic carbocycles. The summed E-state index contributed by atoms with van der Waals surface area (Å²) in [7, 11) is 0. The minimum atomic E-state index is 0.271. The first-order chi connectivity index (χ1) is 8.11. The van der Waals surface area contributed by atoms with E-state index >= 15 is 0 Å². The van der Waals surface area contributed by atoms with Crippen molar-refractivity contribution in [3.05, 3.63) is 30.1 Å². The summed E-state index contributed by atoms with van der Waals surface area (Å²) in [6.07, 6.45) is 5.56. The van der Waals surface area contributed by atoms with E-state index in [2.05, 4.69) is 18.8 Å². The lowest BCUT2D eigenvalue weighted by Crippen LogP contribution is -2.20. The number of Topliss-reactive ketones (excluding diaryl/α,β-unsaturated/α-hetero) is 1. The van der Waals surface area contributed by atoms with E-state index in [1.54, 1.807) is 12.4 Å². The molecule has 1 aromatic heterocycles. The van der Waals surface area contributed by atoms with Gasteiger partial charge in [-0.1, -0.05) is 13.8 Å². The molecule has 1 rings (SSSR count). The van der Waals surface area contributed by atoms with E-state index in [0.29, 0.717) is 31.2 Å². The number of nitrogens with zero attached hydrogens (tertiary/aromatic N) is 1. The molecule has 94 valence electrons. The Morgan fingerprint density at radius 3 is 2.53 bits per heavy atom. The van der Waals surface area contributed by atoms with Crippen molar-refractivity contribution in [2.24, 2.45) is 17.6 Å². The number of pyridine rings is 1. The summed E-state index contributed by atoms with van der Waals surface area (Å²) >= 11 is 0. The highest BCUT2D eigenvalue weighted by atomic mass is 16.1. The maximum atomic E-state index is 11.9. The van der Waals surface area contributed by atoms with E-state index in [0.717, 1.165) is 12.0 Å². The summed E-state index contributed by atoms with van der Waals surface area (Å²) in [6, 6.07) is 3.77. The molecular weight excluding hydrogens is 212 g/mol. The lowest BCUT2D eigenvalue weighted by atomic mass is 9.91. The summed E-state index contributed by atoms with van der Waals surface area (Å²) in [5.74, 6) is 1.19. The molecule has 0 amide bonds. The Balaban J connectivity index is 2.43. The molecule has 0 aromatic carbocycles. The molecule has 3 nitrogen and oxygen atoms in total. The van der Waals surface area contributed by atoms with Gasteiger partial charge < -0.3 is 5.73 Å². The van der Waals surface area contributed by atoms with Crippen molar-refractivity contribution >= 4 is 5.78 Å². The van der Waals surface area contributed by atoms with Crippen LogP contribution in [0.25, 0.3) is 0 Å². The van der Waals surface area contributed by atoms with Crippen molar-refractivity contribution in [3.63, 3.8) is 0 Å². The topological polar surface area (TPSA) is 56.0 Å². The lowest BCUT2D eigenvalue weighted by Gasteiger charge is -2.16. The molecule has 0 bridgehead atoms. The van der Waals surface area contributed by atoms with Gasteiger partial charge in [0.1, 0.15) is 5.78 Å². The highest BCUT2D eigenvalue weighted by Crippen LogP contribution is 2.15. The summed E-state index contributed by atoms with van der Waals surface area (Å²) in [5, 5.41) is 0. The Kier molecular flexibility index (Phi) is 5.84. The number of ketones is 1. The maximum absolute atomic E-state index is 11.9. The smallest absolute Gasteiger partial charge is 0.137 e. The minimum Gasteiger partial charge on any atom is -0.330 e. The van der Waals surface area contributed by atoms with E-state index in [-0.39, 0.29) is 5.78 Å². The van der Waals surface area contributed by atoms with Crippen molar-refractivity contribution in [2.75, 3.05) is 6.54 Å². The molecule has 0 aliphatic heterocycles. The van der Waals surface area contributed by atoms with Gasteiger partial charge in [0.2, 0.25) is 0 Å². The molecule has 17 heavy (non-hydrogen) atoms. The fourth-order valence-corrected chi connectivity index (χ4v) is 2.05. The van der Waals surface area contributed by atoms with Crippen LogP contribution in [0.3, 0.4) is 0 Å². The molecule has 0 aliphatic rings. The summed E-state index contributed by atoms with van der Waals surface area (Å²) in [6.45, 7) is 4.92. The molecule has 3 heteroatoms. The molecule has 0 saturated heterocycles. The standard InChI is InChI=1S/C14H22N2O/c1-11(2)7-13(10-15)9-14(17)8-12-3-5-16-6-4-12/h3-6,11,13H,7-10,15H2,1-2H3. The third kappa shape index (κ3) is 5.59. The molecule has 0 spiro atoms. The van der Waals surface area contributed by atoms with Gasteiger partial charge in [-0.05, 0) is 42.5 Å². The van der Waals surface area contributed by atoms with Crippen LogP contribution in [0.1, 0.15) is 32.3 Å². The first-order valence-electron chi connectivity index (χ1n) is 6.22. The van der Waals surface area contributed by atoms with Crippen LogP contribution < -0.4 is 5.73 Å². The molecule has 1 aromatic rings. The Labute approximate surface area is 103 Å². The van der Waals surface area contributed by atoms with Crippen LogP contribution in [-0.4, -0.2) is 17.3 Å². The van der Waals surface area contributed by atoms with Gasteiger partial charge in [0.15, 0.2) is 0 Å². The van der Waals surface area contributed by atoms with Crippen molar-refractivity contribution in [1.29, 1.82) is 0 Å². The minimum absolute atomic E-state index is 0.271. The van der Waals surface area contributed by atoms with E-state index in [1.807, 2.05) is 12.1 Å². The molecule has 2 N–H and O–H groups in total. The van der Waals surface area contributed by atoms with E-state index in [4.69, 9.17) is 5.73 Å². The quantitative estimate of drug-likeness (QED) is 0.787. The van der Waals surface area contributed by atoms with Crippen LogP contribution >= 0.6 is 0 Å². The average Bonchev–Trinajstić information content (AvgIpc) is 2.28. The van der Waals surface area contributed by atoms with Crippen LogP contribution in [0.2, 0.25) is 0 Å². The first kappa shape index (κ1) is 13.8. The van der Waals surface area contributed by atoms with Crippen LogP contribution in [0.5, 0.6) is 0 Å². The summed E-state index contributed by atoms with van der Waals surface area (Å²) < 4.78 is 0. The van der Waals surface area contributed by atoms with Crippen LogP contribution in [0.4, 0.5) is 0 Å². The first-order valence-corrected chi connectivity index (χ1v) is 6.22. The number of carbonyl (C=O) groups is 1. The number of aromatic nitrogens is 1.